The Morgan fingerprint density at radius 1 is 1.24 bits per heavy atom. The molecule has 1 amide bonds. The fourth-order valence-corrected chi connectivity index (χ4v) is 3.23. The molecule has 1 aromatic rings. The number of amides is 1. The molecule has 4 heteroatoms. The Morgan fingerprint density at radius 2 is 1.90 bits per heavy atom. The van der Waals surface area contributed by atoms with Crippen molar-refractivity contribution >= 4 is 17.3 Å². The van der Waals surface area contributed by atoms with E-state index in [1.807, 2.05) is 18.2 Å². The van der Waals surface area contributed by atoms with Crippen LogP contribution in [0.1, 0.15) is 49.4 Å². The molecule has 0 saturated heterocycles. The fraction of sp³-hybridized carbons (Fsp3) is 0.588. The third-order valence-electron chi connectivity index (χ3n) is 4.32. The Morgan fingerprint density at radius 3 is 2.48 bits per heavy atom. The summed E-state index contributed by atoms with van der Waals surface area (Å²) in [5.74, 6) is 0.0410. The van der Waals surface area contributed by atoms with Crippen molar-refractivity contribution in [2.75, 3.05) is 31.3 Å². The van der Waals surface area contributed by atoms with E-state index in [1.165, 1.54) is 32.1 Å². The molecule has 0 aliphatic heterocycles. The van der Waals surface area contributed by atoms with Crippen molar-refractivity contribution in [1.82, 2.24) is 4.90 Å². The molecule has 0 heterocycles. The van der Waals surface area contributed by atoms with Gasteiger partial charge in [-0.25, -0.2) is 0 Å². The molecule has 1 aliphatic carbocycles. The Labute approximate surface area is 127 Å². The van der Waals surface area contributed by atoms with Gasteiger partial charge in [-0.15, -0.1) is 0 Å². The fourth-order valence-electron chi connectivity index (χ4n) is 3.23. The summed E-state index contributed by atoms with van der Waals surface area (Å²) in [4.78, 5) is 16.4. The van der Waals surface area contributed by atoms with E-state index in [4.69, 9.17) is 5.73 Å². The van der Waals surface area contributed by atoms with Gasteiger partial charge in [0.1, 0.15) is 0 Å². The third kappa shape index (κ3) is 3.49. The van der Waals surface area contributed by atoms with E-state index in [9.17, 15) is 4.79 Å². The molecule has 1 fully saturated rings. The zero-order chi connectivity index (χ0) is 15.4. The van der Waals surface area contributed by atoms with E-state index in [-0.39, 0.29) is 5.91 Å². The molecule has 1 saturated carbocycles. The predicted octanol–water partition coefficient (Wildman–Crippen LogP) is 3.13. The van der Waals surface area contributed by atoms with Crippen molar-refractivity contribution in [1.29, 1.82) is 0 Å². The maximum absolute atomic E-state index is 12.4. The van der Waals surface area contributed by atoms with Crippen LogP contribution in [0.5, 0.6) is 0 Å². The second-order valence-corrected chi connectivity index (χ2v) is 6.05. The molecule has 0 spiro atoms. The lowest BCUT2D eigenvalue weighted by molar-refractivity contribution is 0.0828. The van der Waals surface area contributed by atoms with Gasteiger partial charge in [0, 0.05) is 32.4 Å². The number of nitrogens with two attached hydrogens (primary N) is 1. The Bertz CT molecular complexity index is 493. The molecular weight excluding hydrogens is 262 g/mol. The van der Waals surface area contributed by atoms with Crippen molar-refractivity contribution in [3.8, 4) is 0 Å². The summed E-state index contributed by atoms with van der Waals surface area (Å²) in [7, 11) is 3.58. The quantitative estimate of drug-likeness (QED) is 0.866. The number of anilines is 2. The smallest absolute Gasteiger partial charge is 0.255 e. The predicted molar refractivity (Wildman–Crippen MR) is 88.8 cm³/mol. The van der Waals surface area contributed by atoms with Crippen LogP contribution in [-0.4, -0.2) is 37.5 Å². The first kappa shape index (κ1) is 15.7. The highest BCUT2D eigenvalue weighted by molar-refractivity contribution is 6.00. The van der Waals surface area contributed by atoms with Crippen LogP contribution in [0.4, 0.5) is 11.4 Å². The number of rotatable bonds is 4. The molecule has 21 heavy (non-hydrogen) atoms. The van der Waals surface area contributed by atoms with Crippen LogP contribution in [0.2, 0.25) is 0 Å². The monoisotopic (exact) mass is 289 g/mol. The SMILES string of the molecule is CCN(c1cc(N)ccc1C(=O)N(C)C)C1CCCCC1. The maximum atomic E-state index is 12.4. The zero-order valence-electron chi connectivity index (χ0n) is 13.4. The lowest BCUT2D eigenvalue weighted by atomic mass is 9.93. The number of hydrogen-bond acceptors (Lipinski definition) is 3. The first-order valence-corrected chi connectivity index (χ1v) is 7.92. The molecule has 0 atom stereocenters. The molecule has 2 N–H and O–H groups in total. The summed E-state index contributed by atoms with van der Waals surface area (Å²) in [5, 5.41) is 0. The van der Waals surface area contributed by atoms with Crippen LogP contribution in [0.3, 0.4) is 0 Å². The highest BCUT2D eigenvalue weighted by Gasteiger charge is 2.24. The van der Waals surface area contributed by atoms with Gasteiger partial charge in [-0.3, -0.25) is 4.79 Å². The largest absolute Gasteiger partial charge is 0.399 e. The zero-order valence-corrected chi connectivity index (χ0v) is 13.4. The van der Waals surface area contributed by atoms with Crippen LogP contribution in [0.25, 0.3) is 0 Å². The van der Waals surface area contributed by atoms with Gasteiger partial charge in [-0.1, -0.05) is 19.3 Å². The highest BCUT2D eigenvalue weighted by atomic mass is 16.2. The van der Waals surface area contributed by atoms with E-state index in [0.29, 0.717) is 6.04 Å². The summed E-state index contributed by atoms with van der Waals surface area (Å²) < 4.78 is 0. The summed E-state index contributed by atoms with van der Waals surface area (Å²) in [6.07, 6.45) is 6.30. The average Bonchev–Trinajstić information content (AvgIpc) is 2.48. The van der Waals surface area contributed by atoms with E-state index >= 15 is 0 Å². The van der Waals surface area contributed by atoms with Crippen LogP contribution in [0, 0.1) is 0 Å². The normalized spacial score (nSPS) is 15.8. The summed E-state index contributed by atoms with van der Waals surface area (Å²) in [6, 6.07) is 6.15. The maximum Gasteiger partial charge on any atom is 0.255 e. The summed E-state index contributed by atoms with van der Waals surface area (Å²) in [5.41, 5.74) is 8.43. The van der Waals surface area contributed by atoms with E-state index in [1.54, 1.807) is 19.0 Å². The second kappa shape index (κ2) is 6.83. The number of nitrogen functional groups attached to an aromatic ring is 1. The minimum atomic E-state index is 0.0410. The molecule has 1 aliphatic rings. The minimum absolute atomic E-state index is 0.0410. The van der Waals surface area contributed by atoms with E-state index in [0.717, 1.165) is 23.5 Å². The lowest BCUT2D eigenvalue weighted by Crippen LogP contribution is -2.38. The Kier molecular flexibility index (Phi) is 5.10. The molecule has 0 bridgehead atoms. The van der Waals surface area contributed by atoms with Crippen LogP contribution < -0.4 is 10.6 Å². The van der Waals surface area contributed by atoms with E-state index in [2.05, 4.69) is 11.8 Å². The number of nitrogens with zero attached hydrogens (tertiary/aromatic N) is 2. The third-order valence-corrected chi connectivity index (χ3v) is 4.32. The lowest BCUT2D eigenvalue weighted by Gasteiger charge is -2.36. The molecule has 0 radical (unpaired) electrons. The molecule has 4 nitrogen and oxygen atoms in total. The van der Waals surface area contributed by atoms with Crippen molar-refractivity contribution in [2.45, 2.75) is 45.1 Å². The first-order chi connectivity index (χ1) is 10.0. The van der Waals surface area contributed by atoms with Crippen LogP contribution in [0.15, 0.2) is 18.2 Å². The van der Waals surface area contributed by atoms with Gasteiger partial charge in [-0.05, 0) is 38.0 Å². The second-order valence-electron chi connectivity index (χ2n) is 6.05. The van der Waals surface area contributed by atoms with Crippen molar-refractivity contribution in [3.63, 3.8) is 0 Å². The van der Waals surface area contributed by atoms with Crippen molar-refractivity contribution in [2.24, 2.45) is 0 Å². The topological polar surface area (TPSA) is 49.6 Å². The van der Waals surface area contributed by atoms with Gasteiger partial charge in [0.05, 0.1) is 11.3 Å². The van der Waals surface area contributed by atoms with Gasteiger partial charge in [0.15, 0.2) is 0 Å². The van der Waals surface area contributed by atoms with Crippen molar-refractivity contribution < 1.29 is 4.79 Å². The summed E-state index contributed by atoms with van der Waals surface area (Å²) in [6.45, 7) is 3.06. The van der Waals surface area contributed by atoms with Crippen LogP contribution >= 0.6 is 0 Å². The Balaban J connectivity index is 2.38. The molecule has 116 valence electrons. The highest BCUT2D eigenvalue weighted by Crippen LogP contribution is 2.31. The van der Waals surface area contributed by atoms with Gasteiger partial charge >= 0.3 is 0 Å². The Hall–Kier alpha value is -1.71. The van der Waals surface area contributed by atoms with Gasteiger partial charge in [0.2, 0.25) is 0 Å². The molecule has 1 aromatic carbocycles. The van der Waals surface area contributed by atoms with Crippen molar-refractivity contribution in [3.05, 3.63) is 23.8 Å². The minimum Gasteiger partial charge on any atom is -0.399 e. The number of benzene rings is 1. The van der Waals surface area contributed by atoms with E-state index < -0.39 is 0 Å². The van der Waals surface area contributed by atoms with Gasteiger partial charge in [-0.2, -0.15) is 0 Å². The number of carbonyl (C=O) groups excluding carboxylic acids is 1. The molecule has 0 unspecified atom stereocenters. The van der Waals surface area contributed by atoms with Gasteiger partial charge in [0.25, 0.3) is 5.91 Å². The first-order valence-electron chi connectivity index (χ1n) is 7.92. The van der Waals surface area contributed by atoms with Crippen LogP contribution in [-0.2, 0) is 0 Å². The number of carbonyl (C=O) groups is 1. The molecule has 0 aromatic heterocycles. The van der Waals surface area contributed by atoms with Gasteiger partial charge < -0.3 is 15.5 Å². The molecular formula is C17H27N3O. The molecule has 2 rings (SSSR count). The summed E-state index contributed by atoms with van der Waals surface area (Å²) >= 11 is 0. The number of hydrogen-bond donors (Lipinski definition) is 1. The average molecular weight is 289 g/mol. The standard InChI is InChI=1S/C17H27N3O/c1-4-20(14-8-6-5-7-9-14)16-12-13(18)10-11-15(16)17(21)19(2)3/h10-12,14H,4-9,18H2,1-3H3.